The fraction of sp³-hybridized carbons (Fsp3) is 0.889. The number of rotatable bonds is 7. The number of carbonyl (C=O) groups is 1. The molecule has 0 fully saturated rings. The monoisotopic (exact) mass is 252 g/mol. The van der Waals surface area contributed by atoms with E-state index < -0.39 is 22.2 Å². The van der Waals surface area contributed by atoms with Crippen molar-refractivity contribution in [3.63, 3.8) is 0 Å². The maximum absolute atomic E-state index is 12.0. The van der Waals surface area contributed by atoms with Crippen LogP contribution in [0, 0.1) is 0 Å². The van der Waals surface area contributed by atoms with E-state index in [4.69, 9.17) is 5.11 Å². The lowest BCUT2D eigenvalue weighted by molar-refractivity contribution is -0.141. The fourth-order valence-corrected chi connectivity index (χ4v) is 3.06. The van der Waals surface area contributed by atoms with Gasteiger partial charge in [0.2, 0.25) is 0 Å². The normalized spacial score (nSPS) is 14.4. The Hall–Kier alpha value is -0.660. The molecule has 0 spiro atoms. The summed E-state index contributed by atoms with van der Waals surface area (Å²) < 4.78 is 26.1. The highest BCUT2D eigenvalue weighted by Gasteiger charge is 2.33. The van der Waals surface area contributed by atoms with Crippen LogP contribution in [0.25, 0.3) is 0 Å². The molecule has 0 radical (unpaired) electrons. The van der Waals surface area contributed by atoms with E-state index in [0.29, 0.717) is 13.1 Å². The van der Waals surface area contributed by atoms with Gasteiger partial charge in [0, 0.05) is 20.1 Å². The SMILES string of the molecule is CCC(C(=O)O)N(C)S(=O)(=O)N(CC)CC. The number of carboxylic acid groups (broad SMARTS) is 1. The molecule has 0 aliphatic carbocycles. The minimum Gasteiger partial charge on any atom is -0.480 e. The second kappa shape index (κ2) is 6.17. The average molecular weight is 252 g/mol. The van der Waals surface area contributed by atoms with Gasteiger partial charge < -0.3 is 5.11 Å². The summed E-state index contributed by atoms with van der Waals surface area (Å²) in [6.07, 6.45) is 0.242. The van der Waals surface area contributed by atoms with E-state index in [1.807, 2.05) is 0 Å². The molecule has 0 aliphatic rings. The molecule has 16 heavy (non-hydrogen) atoms. The molecule has 0 aliphatic heterocycles. The van der Waals surface area contributed by atoms with Crippen LogP contribution in [-0.4, -0.2) is 54.3 Å². The topological polar surface area (TPSA) is 77.9 Å². The highest BCUT2D eigenvalue weighted by Crippen LogP contribution is 2.12. The van der Waals surface area contributed by atoms with Crippen molar-refractivity contribution < 1.29 is 18.3 Å². The molecule has 96 valence electrons. The van der Waals surface area contributed by atoms with Gasteiger partial charge in [0.1, 0.15) is 6.04 Å². The summed E-state index contributed by atoms with van der Waals surface area (Å²) in [5, 5.41) is 8.91. The van der Waals surface area contributed by atoms with Gasteiger partial charge in [-0.05, 0) is 6.42 Å². The highest BCUT2D eigenvalue weighted by molar-refractivity contribution is 7.86. The molecule has 0 saturated carbocycles. The van der Waals surface area contributed by atoms with Gasteiger partial charge in [0.15, 0.2) is 0 Å². The molecule has 7 heteroatoms. The third-order valence-electron chi connectivity index (χ3n) is 2.51. The second-order valence-corrected chi connectivity index (χ2v) is 5.36. The van der Waals surface area contributed by atoms with E-state index >= 15 is 0 Å². The maximum atomic E-state index is 12.0. The number of hydrogen-bond acceptors (Lipinski definition) is 3. The molecule has 1 atom stereocenters. The first-order valence-corrected chi connectivity index (χ1v) is 6.68. The van der Waals surface area contributed by atoms with Gasteiger partial charge in [-0.1, -0.05) is 20.8 Å². The van der Waals surface area contributed by atoms with Crippen LogP contribution in [-0.2, 0) is 15.0 Å². The molecule has 0 aromatic rings. The first kappa shape index (κ1) is 15.3. The van der Waals surface area contributed by atoms with Gasteiger partial charge in [-0.3, -0.25) is 4.79 Å². The first-order chi connectivity index (χ1) is 7.32. The Kier molecular flexibility index (Phi) is 5.91. The lowest BCUT2D eigenvalue weighted by atomic mass is 10.2. The number of aliphatic carboxylic acids is 1. The third-order valence-corrected chi connectivity index (χ3v) is 4.66. The molecule has 0 rings (SSSR count). The van der Waals surface area contributed by atoms with Gasteiger partial charge in [0.25, 0.3) is 10.2 Å². The van der Waals surface area contributed by atoms with Crippen LogP contribution in [0.3, 0.4) is 0 Å². The van der Waals surface area contributed by atoms with Crippen molar-refractivity contribution in [2.75, 3.05) is 20.1 Å². The highest BCUT2D eigenvalue weighted by atomic mass is 32.2. The number of hydrogen-bond donors (Lipinski definition) is 1. The van der Waals surface area contributed by atoms with E-state index in [1.165, 1.54) is 11.4 Å². The average Bonchev–Trinajstić information content (AvgIpc) is 2.19. The summed E-state index contributed by atoms with van der Waals surface area (Å²) in [6.45, 7) is 5.75. The Morgan fingerprint density at radius 2 is 1.69 bits per heavy atom. The van der Waals surface area contributed by atoms with Gasteiger partial charge in [-0.15, -0.1) is 0 Å². The molecule has 0 aromatic heterocycles. The summed E-state index contributed by atoms with van der Waals surface area (Å²) in [7, 11) is -2.37. The predicted molar refractivity (Wildman–Crippen MR) is 61.3 cm³/mol. The summed E-state index contributed by atoms with van der Waals surface area (Å²) in [5.41, 5.74) is 0. The number of carboxylic acids is 1. The van der Waals surface area contributed by atoms with E-state index in [2.05, 4.69) is 0 Å². The molecular weight excluding hydrogens is 232 g/mol. The smallest absolute Gasteiger partial charge is 0.322 e. The van der Waals surface area contributed by atoms with Crippen molar-refractivity contribution in [3.05, 3.63) is 0 Å². The van der Waals surface area contributed by atoms with Crippen LogP contribution >= 0.6 is 0 Å². The Bertz CT molecular complexity index is 324. The Balaban J connectivity index is 5.08. The molecule has 0 amide bonds. The molecule has 1 N–H and O–H groups in total. The largest absolute Gasteiger partial charge is 0.480 e. The third kappa shape index (κ3) is 3.16. The lowest BCUT2D eigenvalue weighted by Gasteiger charge is -2.28. The van der Waals surface area contributed by atoms with Gasteiger partial charge in [-0.25, -0.2) is 0 Å². The molecule has 0 heterocycles. The van der Waals surface area contributed by atoms with Crippen molar-refractivity contribution in [1.82, 2.24) is 8.61 Å². The van der Waals surface area contributed by atoms with Gasteiger partial charge in [0.05, 0.1) is 0 Å². The lowest BCUT2D eigenvalue weighted by Crippen LogP contribution is -2.49. The zero-order valence-corrected chi connectivity index (χ0v) is 11.0. The fourth-order valence-electron chi connectivity index (χ4n) is 1.48. The molecule has 0 saturated heterocycles. The van der Waals surface area contributed by atoms with Crippen molar-refractivity contribution in [2.45, 2.75) is 33.2 Å². The van der Waals surface area contributed by atoms with Crippen molar-refractivity contribution in [1.29, 1.82) is 0 Å². The van der Waals surface area contributed by atoms with E-state index in [0.717, 1.165) is 4.31 Å². The van der Waals surface area contributed by atoms with Crippen LogP contribution < -0.4 is 0 Å². The summed E-state index contributed by atoms with van der Waals surface area (Å²) in [4.78, 5) is 10.9. The Labute approximate surface area is 97.0 Å². The minimum absolute atomic E-state index is 0.242. The first-order valence-electron chi connectivity index (χ1n) is 5.28. The summed E-state index contributed by atoms with van der Waals surface area (Å²) in [5.74, 6) is -1.12. The minimum atomic E-state index is -3.67. The quantitative estimate of drug-likeness (QED) is 0.710. The van der Waals surface area contributed by atoms with Crippen LogP contribution in [0.15, 0.2) is 0 Å². The standard InChI is InChI=1S/C9H20N2O4S/c1-5-8(9(12)13)10(4)16(14,15)11(6-2)7-3/h8H,5-7H2,1-4H3,(H,12,13). The molecular formula is C9H20N2O4S. The Morgan fingerprint density at radius 3 is 1.94 bits per heavy atom. The van der Waals surface area contributed by atoms with Crippen molar-refractivity contribution in [2.24, 2.45) is 0 Å². The number of likely N-dealkylation sites (N-methyl/N-ethyl adjacent to an activating group) is 1. The van der Waals surface area contributed by atoms with Crippen LogP contribution in [0.5, 0.6) is 0 Å². The maximum Gasteiger partial charge on any atom is 0.322 e. The van der Waals surface area contributed by atoms with Crippen molar-refractivity contribution in [3.8, 4) is 0 Å². The zero-order valence-electron chi connectivity index (χ0n) is 10.2. The molecule has 6 nitrogen and oxygen atoms in total. The summed E-state index contributed by atoms with van der Waals surface area (Å²) >= 11 is 0. The van der Waals surface area contributed by atoms with Gasteiger partial charge in [-0.2, -0.15) is 17.0 Å². The predicted octanol–water partition coefficient (Wildman–Crippen LogP) is 0.368. The van der Waals surface area contributed by atoms with Crippen LogP contribution in [0.2, 0.25) is 0 Å². The Morgan fingerprint density at radius 1 is 1.25 bits per heavy atom. The molecule has 1 unspecified atom stereocenters. The molecule has 0 aromatic carbocycles. The zero-order chi connectivity index (χ0) is 12.9. The van der Waals surface area contributed by atoms with Gasteiger partial charge >= 0.3 is 5.97 Å². The van der Waals surface area contributed by atoms with Crippen molar-refractivity contribution >= 4 is 16.2 Å². The number of nitrogens with zero attached hydrogens (tertiary/aromatic N) is 2. The van der Waals surface area contributed by atoms with E-state index in [-0.39, 0.29) is 6.42 Å². The van der Waals surface area contributed by atoms with E-state index in [1.54, 1.807) is 20.8 Å². The van der Waals surface area contributed by atoms with Crippen LogP contribution in [0.1, 0.15) is 27.2 Å². The molecule has 0 bridgehead atoms. The second-order valence-electron chi connectivity index (χ2n) is 3.37. The summed E-state index contributed by atoms with van der Waals surface area (Å²) in [6, 6.07) is -1.01. The van der Waals surface area contributed by atoms with E-state index in [9.17, 15) is 13.2 Å². The van der Waals surface area contributed by atoms with Crippen LogP contribution in [0.4, 0.5) is 0 Å².